The Labute approximate surface area is 107 Å². The molecule has 90 valence electrons. The van der Waals surface area contributed by atoms with Gasteiger partial charge in [0.05, 0.1) is 0 Å². The average Bonchev–Trinajstić information content (AvgIpc) is 2.68. The molecule has 0 amide bonds. The van der Waals surface area contributed by atoms with Crippen LogP contribution in [0.25, 0.3) is 11.1 Å². The molecule has 0 saturated carbocycles. The summed E-state index contributed by atoms with van der Waals surface area (Å²) >= 11 is 0. The van der Waals surface area contributed by atoms with Crippen LogP contribution in [0.3, 0.4) is 0 Å². The van der Waals surface area contributed by atoms with E-state index in [9.17, 15) is 4.79 Å². The van der Waals surface area contributed by atoms with Crippen LogP contribution >= 0.6 is 0 Å². The summed E-state index contributed by atoms with van der Waals surface area (Å²) in [6, 6.07) is 7.93. The summed E-state index contributed by atoms with van der Waals surface area (Å²) in [6.45, 7) is 8.43. The third-order valence-electron chi connectivity index (χ3n) is 4.36. The highest BCUT2D eigenvalue weighted by Crippen LogP contribution is 2.42. The second kappa shape index (κ2) is 3.55. The zero-order valence-electron chi connectivity index (χ0n) is 11.2. The fraction of sp³-hybridized carbons (Fsp3) is 0.235. The maximum absolute atomic E-state index is 12.5. The molecule has 2 aromatic carbocycles. The molecule has 0 atom stereocenters. The van der Waals surface area contributed by atoms with E-state index in [-0.39, 0.29) is 5.78 Å². The minimum atomic E-state index is 0.185. The van der Waals surface area contributed by atoms with E-state index in [1.54, 1.807) is 0 Å². The van der Waals surface area contributed by atoms with Gasteiger partial charge in [-0.15, -0.1) is 0 Å². The highest BCUT2D eigenvalue weighted by molar-refractivity contribution is 6.23. The lowest BCUT2D eigenvalue weighted by molar-refractivity contribution is 0.104. The van der Waals surface area contributed by atoms with Gasteiger partial charge in [0.15, 0.2) is 5.78 Å². The lowest BCUT2D eigenvalue weighted by Gasteiger charge is -2.15. The van der Waals surface area contributed by atoms with Gasteiger partial charge in [0.25, 0.3) is 0 Å². The number of hydrogen-bond donors (Lipinski definition) is 0. The van der Waals surface area contributed by atoms with Crippen LogP contribution in [0.2, 0.25) is 0 Å². The van der Waals surface area contributed by atoms with E-state index in [0.29, 0.717) is 0 Å². The molecule has 3 rings (SSSR count). The van der Waals surface area contributed by atoms with Crippen molar-refractivity contribution in [1.82, 2.24) is 0 Å². The first-order chi connectivity index (χ1) is 8.54. The Balaban J connectivity index is 2.51. The van der Waals surface area contributed by atoms with E-state index in [0.717, 1.165) is 27.8 Å². The van der Waals surface area contributed by atoms with Crippen LogP contribution in [0.5, 0.6) is 0 Å². The molecule has 1 aliphatic carbocycles. The minimum absolute atomic E-state index is 0.185. The predicted octanol–water partition coefficient (Wildman–Crippen LogP) is 4.13. The molecule has 0 radical (unpaired) electrons. The van der Waals surface area contributed by atoms with Crippen LogP contribution < -0.4 is 0 Å². The van der Waals surface area contributed by atoms with E-state index in [1.807, 2.05) is 18.2 Å². The number of carbonyl (C=O) groups excluding carboxylic acids is 1. The molecule has 2 aromatic rings. The Morgan fingerprint density at radius 2 is 1.17 bits per heavy atom. The van der Waals surface area contributed by atoms with Crippen LogP contribution in [-0.4, -0.2) is 5.78 Å². The summed E-state index contributed by atoms with van der Waals surface area (Å²) in [5, 5.41) is 0. The van der Waals surface area contributed by atoms with Gasteiger partial charge in [-0.3, -0.25) is 4.79 Å². The number of hydrogen-bond acceptors (Lipinski definition) is 1. The first kappa shape index (κ1) is 11.2. The number of fused-ring (bicyclic) bond motifs is 3. The maximum Gasteiger partial charge on any atom is 0.194 e. The van der Waals surface area contributed by atoms with Crippen molar-refractivity contribution in [3.8, 4) is 11.1 Å². The quantitative estimate of drug-likeness (QED) is 0.573. The lowest BCUT2D eigenvalue weighted by atomic mass is 9.89. The summed E-state index contributed by atoms with van der Waals surface area (Å²) in [4.78, 5) is 12.5. The van der Waals surface area contributed by atoms with Gasteiger partial charge in [-0.25, -0.2) is 0 Å². The Kier molecular flexibility index (Phi) is 2.21. The van der Waals surface area contributed by atoms with E-state index in [4.69, 9.17) is 0 Å². The van der Waals surface area contributed by atoms with Crippen LogP contribution in [0.15, 0.2) is 24.3 Å². The molecule has 0 N–H and O–H groups in total. The van der Waals surface area contributed by atoms with Crippen molar-refractivity contribution in [2.45, 2.75) is 27.7 Å². The normalized spacial score (nSPS) is 12.6. The minimum Gasteiger partial charge on any atom is -0.289 e. The molecule has 18 heavy (non-hydrogen) atoms. The Morgan fingerprint density at radius 3 is 1.78 bits per heavy atom. The zero-order chi connectivity index (χ0) is 13.0. The molecule has 0 aromatic heterocycles. The molecular weight excluding hydrogens is 220 g/mol. The van der Waals surface area contributed by atoms with Gasteiger partial charge < -0.3 is 0 Å². The molecule has 0 bridgehead atoms. The van der Waals surface area contributed by atoms with E-state index in [1.165, 1.54) is 16.7 Å². The standard InChI is InChI=1S/C17H16O/c1-9-10(2)12(4)16-15(11(9)3)13-7-5-6-8-14(13)17(16)18/h5-8H,1-4H3. The maximum atomic E-state index is 12.5. The molecule has 0 aliphatic heterocycles. The Morgan fingerprint density at radius 1 is 0.667 bits per heavy atom. The van der Waals surface area contributed by atoms with Crippen molar-refractivity contribution in [3.05, 3.63) is 57.6 Å². The van der Waals surface area contributed by atoms with Crippen molar-refractivity contribution < 1.29 is 4.79 Å². The van der Waals surface area contributed by atoms with Crippen LogP contribution in [0.4, 0.5) is 0 Å². The monoisotopic (exact) mass is 236 g/mol. The number of carbonyl (C=O) groups is 1. The predicted molar refractivity (Wildman–Crippen MR) is 74.3 cm³/mol. The first-order valence-corrected chi connectivity index (χ1v) is 6.28. The van der Waals surface area contributed by atoms with E-state index >= 15 is 0 Å². The molecule has 1 heteroatoms. The van der Waals surface area contributed by atoms with E-state index in [2.05, 4.69) is 33.8 Å². The largest absolute Gasteiger partial charge is 0.289 e. The molecule has 1 nitrogen and oxygen atoms in total. The zero-order valence-corrected chi connectivity index (χ0v) is 11.2. The topological polar surface area (TPSA) is 17.1 Å². The van der Waals surface area contributed by atoms with Gasteiger partial charge in [0, 0.05) is 11.1 Å². The molecule has 0 unspecified atom stereocenters. The molecule has 0 spiro atoms. The van der Waals surface area contributed by atoms with Gasteiger partial charge in [-0.1, -0.05) is 24.3 Å². The Hall–Kier alpha value is -1.89. The first-order valence-electron chi connectivity index (χ1n) is 6.28. The van der Waals surface area contributed by atoms with Gasteiger partial charge >= 0.3 is 0 Å². The second-order valence-electron chi connectivity index (χ2n) is 5.12. The molecule has 0 fully saturated rings. The molecular formula is C17H16O. The SMILES string of the molecule is Cc1c(C)c(C)c2c(c1C)C(=O)c1ccccc1-2. The van der Waals surface area contributed by atoms with Crippen molar-refractivity contribution in [1.29, 1.82) is 0 Å². The van der Waals surface area contributed by atoms with Crippen LogP contribution in [0.1, 0.15) is 38.2 Å². The van der Waals surface area contributed by atoms with Crippen LogP contribution in [-0.2, 0) is 0 Å². The summed E-state index contributed by atoms with van der Waals surface area (Å²) in [7, 11) is 0. The smallest absolute Gasteiger partial charge is 0.194 e. The van der Waals surface area contributed by atoms with Crippen molar-refractivity contribution in [2.75, 3.05) is 0 Å². The lowest BCUT2D eigenvalue weighted by Crippen LogP contribution is -2.03. The average molecular weight is 236 g/mol. The summed E-state index contributed by atoms with van der Waals surface area (Å²) in [6.07, 6.45) is 0. The molecule has 0 heterocycles. The van der Waals surface area contributed by atoms with Crippen molar-refractivity contribution in [3.63, 3.8) is 0 Å². The van der Waals surface area contributed by atoms with Gasteiger partial charge in [-0.05, 0) is 61.1 Å². The fourth-order valence-corrected chi connectivity index (χ4v) is 2.97. The summed E-state index contributed by atoms with van der Waals surface area (Å²) in [5.74, 6) is 0.185. The number of ketones is 1. The van der Waals surface area contributed by atoms with Crippen molar-refractivity contribution >= 4 is 5.78 Å². The van der Waals surface area contributed by atoms with E-state index < -0.39 is 0 Å². The van der Waals surface area contributed by atoms with Gasteiger partial charge in [0.2, 0.25) is 0 Å². The summed E-state index contributed by atoms with van der Waals surface area (Å²) in [5.41, 5.74) is 8.93. The Bertz CT molecular complexity index is 693. The fourth-order valence-electron chi connectivity index (χ4n) is 2.97. The third kappa shape index (κ3) is 1.19. The molecule has 1 aliphatic rings. The van der Waals surface area contributed by atoms with Crippen LogP contribution in [0, 0.1) is 27.7 Å². The summed E-state index contributed by atoms with van der Waals surface area (Å²) < 4.78 is 0. The number of rotatable bonds is 0. The third-order valence-corrected chi connectivity index (χ3v) is 4.36. The highest BCUT2D eigenvalue weighted by Gasteiger charge is 2.30. The molecule has 0 saturated heterocycles. The second-order valence-corrected chi connectivity index (χ2v) is 5.12. The van der Waals surface area contributed by atoms with Crippen molar-refractivity contribution in [2.24, 2.45) is 0 Å². The van der Waals surface area contributed by atoms with Gasteiger partial charge in [-0.2, -0.15) is 0 Å². The number of benzene rings is 2. The van der Waals surface area contributed by atoms with Gasteiger partial charge in [0.1, 0.15) is 0 Å². The highest BCUT2D eigenvalue weighted by atomic mass is 16.1.